The van der Waals surface area contributed by atoms with E-state index >= 15 is 0 Å². The van der Waals surface area contributed by atoms with E-state index < -0.39 is 11.9 Å². The fourth-order valence-corrected chi connectivity index (χ4v) is 2.77. The van der Waals surface area contributed by atoms with Crippen molar-refractivity contribution in [3.63, 3.8) is 0 Å². The molecule has 0 saturated carbocycles. The van der Waals surface area contributed by atoms with Crippen LogP contribution in [-0.4, -0.2) is 35.4 Å². The van der Waals surface area contributed by atoms with Crippen LogP contribution in [0.5, 0.6) is 11.5 Å². The summed E-state index contributed by atoms with van der Waals surface area (Å²) in [4.78, 5) is 24.3. The molecule has 1 amide bonds. The summed E-state index contributed by atoms with van der Waals surface area (Å²) >= 11 is 0. The van der Waals surface area contributed by atoms with Crippen molar-refractivity contribution in [2.45, 2.75) is 19.6 Å². The molecule has 1 heterocycles. The second kappa shape index (κ2) is 9.69. The van der Waals surface area contributed by atoms with Gasteiger partial charge in [-0.1, -0.05) is 18.2 Å². The van der Waals surface area contributed by atoms with Crippen molar-refractivity contribution in [2.24, 2.45) is 0 Å². The summed E-state index contributed by atoms with van der Waals surface area (Å²) in [6.45, 7) is 1.94. The number of carbonyl (C=O) groups is 1. The Morgan fingerprint density at radius 1 is 1.13 bits per heavy atom. The molecule has 3 rings (SSSR count). The lowest BCUT2D eigenvalue weighted by Crippen LogP contribution is -2.39. The Kier molecular flexibility index (Phi) is 6.79. The average Bonchev–Trinajstić information content (AvgIpc) is 2.75. The first-order valence-corrected chi connectivity index (χ1v) is 9.39. The van der Waals surface area contributed by atoms with Gasteiger partial charge in [-0.25, -0.2) is 9.07 Å². The van der Waals surface area contributed by atoms with Gasteiger partial charge in [0.25, 0.3) is 11.5 Å². The molecule has 0 aliphatic carbocycles. The van der Waals surface area contributed by atoms with E-state index in [2.05, 4.69) is 10.4 Å². The fourth-order valence-electron chi connectivity index (χ4n) is 2.77. The van der Waals surface area contributed by atoms with Crippen molar-refractivity contribution in [3.8, 4) is 22.8 Å². The molecule has 1 atom stereocenters. The van der Waals surface area contributed by atoms with Crippen LogP contribution in [0.1, 0.15) is 6.92 Å². The third kappa shape index (κ3) is 5.44. The third-order valence-electron chi connectivity index (χ3n) is 4.33. The van der Waals surface area contributed by atoms with Gasteiger partial charge in [-0.05, 0) is 37.3 Å². The van der Waals surface area contributed by atoms with Crippen LogP contribution in [0.3, 0.4) is 0 Å². The van der Waals surface area contributed by atoms with E-state index in [0.717, 1.165) is 5.56 Å². The van der Waals surface area contributed by atoms with Gasteiger partial charge in [0, 0.05) is 24.2 Å². The molecule has 1 unspecified atom stereocenters. The molecule has 7 nitrogen and oxygen atoms in total. The minimum Gasteiger partial charge on any atom is -0.497 e. The van der Waals surface area contributed by atoms with Crippen molar-refractivity contribution in [1.82, 2.24) is 15.1 Å². The van der Waals surface area contributed by atoms with Crippen molar-refractivity contribution < 1.29 is 18.7 Å². The first-order valence-electron chi connectivity index (χ1n) is 9.39. The number of carbonyl (C=O) groups excluding carboxylic acids is 1. The zero-order chi connectivity index (χ0) is 21.5. The summed E-state index contributed by atoms with van der Waals surface area (Å²) in [6.07, 6.45) is -0.820. The van der Waals surface area contributed by atoms with E-state index in [1.807, 2.05) is 24.3 Å². The lowest BCUT2D eigenvalue weighted by Gasteiger charge is -2.15. The van der Waals surface area contributed by atoms with Crippen molar-refractivity contribution in [1.29, 1.82) is 0 Å². The molecule has 2 aromatic carbocycles. The second-order valence-corrected chi connectivity index (χ2v) is 6.52. The molecule has 0 aliphatic heterocycles. The highest BCUT2D eigenvalue weighted by Crippen LogP contribution is 2.21. The second-order valence-electron chi connectivity index (χ2n) is 6.52. The number of aromatic nitrogens is 2. The highest BCUT2D eigenvalue weighted by molar-refractivity contribution is 5.80. The summed E-state index contributed by atoms with van der Waals surface area (Å²) in [5.41, 5.74) is 1.15. The largest absolute Gasteiger partial charge is 0.497 e. The number of rotatable bonds is 8. The van der Waals surface area contributed by atoms with Crippen LogP contribution in [0.25, 0.3) is 11.3 Å². The molecular formula is C22H22FN3O4. The maximum absolute atomic E-state index is 13.2. The van der Waals surface area contributed by atoms with Crippen molar-refractivity contribution in [2.75, 3.05) is 13.7 Å². The number of nitrogens with one attached hydrogen (secondary N) is 1. The topological polar surface area (TPSA) is 82.5 Å². The Morgan fingerprint density at radius 2 is 1.90 bits per heavy atom. The predicted octanol–water partition coefficient (Wildman–Crippen LogP) is 2.64. The maximum Gasteiger partial charge on any atom is 0.266 e. The van der Waals surface area contributed by atoms with Crippen LogP contribution in [0.4, 0.5) is 4.39 Å². The van der Waals surface area contributed by atoms with Crippen molar-refractivity contribution in [3.05, 3.63) is 76.8 Å². The van der Waals surface area contributed by atoms with Crippen molar-refractivity contribution >= 4 is 5.91 Å². The van der Waals surface area contributed by atoms with Crippen LogP contribution in [0.2, 0.25) is 0 Å². The van der Waals surface area contributed by atoms with Crippen LogP contribution in [0.15, 0.2) is 65.5 Å². The van der Waals surface area contributed by atoms with Gasteiger partial charge in [0.15, 0.2) is 6.10 Å². The fraction of sp³-hybridized carbons (Fsp3) is 0.227. The number of amides is 1. The Balaban J connectivity index is 1.60. The minimum atomic E-state index is -0.820. The van der Waals surface area contributed by atoms with Gasteiger partial charge < -0.3 is 14.8 Å². The quantitative estimate of drug-likeness (QED) is 0.616. The first kappa shape index (κ1) is 21.0. The minimum absolute atomic E-state index is 0.185. The van der Waals surface area contributed by atoms with E-state index in [1.165, 1.54) is 28.9 Å². The maximum atomic E-state index is 13.2. The van der Waals surface area contributed by atoms with E-state index in [-0.39, 0.29) is 30.3 Å². The lowest BCUT2D eigenvalue weighted by molar-refractivity contribution is -0.127. The smallest absolute Gasteiger partial charge is 0.266 e. The molecule has 0 spiro atoms. The van der Waals surface area contributed by atoms with Gasteiger partial charge in [-0.3, -0.25) is 9.59 Å². The molecule has 1 N–H and O–H groups in total. The zero-order valence-electron chi connectivity index (χ0n) is 16.7. The van der Waals surface area contributed by atoms with Gasteiger partial charge in [-0.2, -0.15) is 5.10 Å². The van der Waals surface area contributed by atoms with Gasteiger partial charge in [0.05, 0.1) is 19.3 Å². The molecule has 0 saturated heterocycles. The number of halogens is 1. The van der Waals surface area contributed by atoms with Gasteiger partial charge in [-0.15, -0.1) is 0 Å². The van der Waals surface area contributed by atoms with Gasteiger partial charge >= 0.3 is 0 Å². The first-order chi connectivity index (χ1) is 14.5. The van der Waals surface area contributed by atoms with Crippen LogP contribution in [-0.2, 0) is 11.3 Å². The molecular weight excluding hydrogens is 389 g/mol. The number of nitrogens with zero attached hydrogens (tertiary/aromatic N) is 2. The molecule has 3 aromatic rings. The normalized spacial score (nSPS) is 11.6. The Labute approximate surface area is 173 Å². The summed E-state index contributed by atoms with van der Waals surface area (Å²) < 4.78 is 25.2. The van der Waals surface area contributed by atoms with Crippen LogP contribution in [0, 0.1) is 5.82 Å². The summed E-state index contributed by atoms with van der Waals surface area (Å²) in [5, 5.41) is 7.05. The monoisotopic (exact) mass is 411 g/mol. The molecule has 156 valence electrons. The lowest BCUT2D eigenvalue weighted by atomic mass is 10.1. The molecule has 0 fully saturated rings. The standard InChI is InChI=1S/C22H22FN3O4/c1-15(30-19-8-4-6-17(23)14-19)22(28)24-11-12-26-21(27)10-9-20(25-26)16-5-3-7-18(13-16)29-2/h3-10,13-15H,11-12H2,1-2H3,(H,24,28). The number of benzene rings is 2. The Bertz CT molecular complexity index is 1080. The number of hydrogen-bond donors (Lipinski definition) is 1. The third-order valence-corrected chi connectivity index (χ3v) is 4.33. The summed E-state index contributed by atoms with van der Waals surface area (Å²) in [6, 6.07) is 16.0. The molecule has 8 heteroatoms. The van der Waals surface area contributed by atoms with E-state index in [9.17, 15) is 14.0 Å². The molecule has 30 heavy (non-hydrogen) atoms. The van der Waals surface area contributed by atoms with Gasteiger partial charge in [0.2, 0.25) is 0 Å². The van der Waals surface area contributed by atoms with E-state index in [0.29, 0.717) is 11.4 Å². The Morgan fingerprint density at radius 3 is 2.67 bits per heavy atom. The average molecular weight is 411 g/mol. The highest BCUT2D eigenvalue weighted by Gasteiger charge is 2.14. The van der Waals surface area contributed by atoms with Gasteiger partial charge in [0.1, 0.15) is 17.3 Å². The SMILES string of the molecule is COc1cccc(-c2ccc(=O)n(CCNC(=O)C(C)Oc3cccc(F)c3)n2)c1. The zero-order valence-corrected chi connectivity index (χ0v) is 16.7. The van der Waals surface area contributed by atoms with Crippen LogP contribution < -0.4 is 20.3 Å². The van der Waals surface area contributed by atoms with E-state index in [4.69, 9.17) is 9.47 Å². The Hall–Kier alpha value is -3.68. The molecule has 0 radical (unpaired) electrons. The number of hydrogen-bond acceptors (Lipinski definition) is 5. The summed E-state index contributed by atoms with van der Waals surface area (Å²) in [7, 11) is 1.58. The number of methoxy groups -OCH3 is 1. The van der Waals surface area contributed by atoms with Crippen LogP contribution >= 0.6 is 0 Å². The molecule has 0 bridgehead atoms. The molecule has 1 aromatic heterocycles. The predicted molar refractivity (Wildman–Crippen MR) is 110 cm³/mol. The van der Waals surface area contributed by atoms with E-state index in [1.54, 1.807) is 26.2 Å². The highest BCUT2D eigenvalue weighted by atomic mass is 19.1. The molecule has 0 aliphatic rings. The number of ether oxygens (including phenoxy) is 2. The summed E-state index contributed by atoms with van der Waals surface area (Å²) in [5.74, 6) is 0.130.